The lowest BCUT2D eigenvalue weighted by Gasteiger charge is -2.07. The second-order valence-corrected chi connectivity index (χ2v) is 3.98. The zero-order valence-corrected chi connectivity index (χ0v) is 10.00. The van der Waals surface area contributed by atoms with E-state index in [4.69, 9.17) is 4.74 Å². The minimum atomic E-state index is 0.620. The van der Waals surface area contributed by atoms with Crippen molar-refractivity contribution in [3.05, 3.63) is 54.9 Å². The molecule has 0 amide bonds. The van der Waals surface area contributed by atoms with E-state index in [2.05, 4.69) is 22.1 Å². The Balaban J connectivity index is 2.19. The number of hydrogen-bond acceptors (Lipinski definition) is 3. The largest absolute Gasteiger partial charge is 0.481 e. The highest BCUT2D eigenvalue weighted by Crippen LogP contribution is 2.28. The van der Waals surface area contributed by atoms with Crippen molar-refractivity contribution in [2.75, 3.05) is 7.11 Å². The fourth-order valence-corrected chi connectivity index (χ4v) is 1.99. The molecule has 3 heteroatoms. The van der Waals surface area contributed by atoms with Crippen LogP contribution in [0.25, 0.3) is 22.0 Å². The smallest absolute Gasteiger partial charge is 0.221 e. The first-order valence-corrected chi connectivity index (χ1v) is 5.72. The van der Waals surface area contributed by atoms with E-state index >= 15 is 0 Å². The first-order chi connectivity index (χ1) is 8.88. The predicted octanol–water partition coefficient (Wildman–Crippen LogP) is 3.31. The Morgan fingerprint density at radius 3 is 2.78 bits per heavy atom. The third-order valence-corrected chi connectivity index (χ3v) is 2.87. The summed E-state index contributed by atoms with van der Waals surface area (Å²) < 4.78 is 5.27. The van der Waals surface area contributed by atoms with E-state index in [1.807, 2.05) is 36.5 Å². The highest BCUT2D eigenvalue weighted by molar-refractivity contribution is 5.84. The monoisotopic (exact) mass is 236 g/mol. The zero-order valence-electron chi connectivity index (χ0n) is 10.00. The maximum atomic E-state index is 5.27. The molecule has 3 nitrogen and oxygen atoms in total. The molecule has 2 heterocycles. The van der Waals surface area contributed by atoms with Gasteiger partial charge in [0.25, 0.3) is 0 Å². The lowest BCUT2D eigenvalue weighted by atomic mass is 10.1. The maximum absolute atomic E-state index is 5.27. The van der Waals surface area contributed by atoms with E-state index in [-0.39, 0.29) is 0 Å². The van der Waals surface area contributed by atoms with Gasteiger partial charge in [-0.1, -0.05) is 18.2 Å². The van der Waals surface area contributed by atoms with Crippen LogP contribution in [0.1, 0.15) is 0 Å². The number of ether oxygens (including phenoxy) is 1. The molecular formula is C15H12N2O. The van der Waals surface area contributed by atoms with E-state index in [1.54, 1.807) is 13.3 Å². The van der Waals surface area contributed by atoms with E-state index in [1.165, 1.54) is 0 Å². The SMILES string of the molecule is COc1ncccc1-c1cnc2ccccc2c1. The summed E-state index contributed by atoms with van der Waals surface area (Å²) in [6.07, 6.45) is 3.57. The summed E-state index contributed by atoms with van der Waals surface area (Å²) in [6.45, 7) is 0. The summed E-state index contributed by atoms with van der Waals surface area (Å²) in [7, 11) is 1.63. The number of aromatic nitrogens is 2. The molecule has 0 N–H and O–H groups in total. The number of para-hydroxylation sites is 1. The van der Waals surface area contributed by atoms with Crippen LogP contribution in [0.4, 0.5) is 0 Å². The van der Waals surface area contributed by atoms with Gasteiger partial charge in [0.1, 0.15) is 0 Å². The van der Waals surface area contributed by atoms with Crippen LogP contribution >= 0.6 is 0 Å². The summed E-state index contributed by atoms with van der Waals surface area (Å²) in [5, 5.41) is 1.11. The van der Waals surface area contributed by atoms with E-state index in [9.17, 15) is 0 Å². The normalized spacial score (nSPS) is 10.5. The van der Waals surface area contributed by atoms with Crippen LogP contribution in [0.15, 0.2) is 54.9 Å². The van der Waals surface area contributed by atoms with Crippen molar-refractivity contribution in [1.82, 2.24) is 9.97 Å². The van der Waals surface area contributed by atoms with Gasteiger partial charge in [0, 0.05) is 28.9 Å². The molecule has 3 rings (SSSR count). The van der Waals surface area contributed by atoms with Crippen molar-refractivity contribution in [3.8, 4) is 17.0 Å². The molecule has 0 aliphatic rings. The van der Waals surface area contributed by atoms with E-state index in [0.29, 0.717) is 5.88 Å². The summed E-state index contributed by atoms with van der Waals surface area (Å²) in [5.74, 6) is 0.620. The number of methoxy groups -OCH3 is 1. The Labute approximate surface area is 105 Å². The first-order valence-electron chi connectivity index (χ1n) is 5.72. The van der Waals surface area contributed by atoms with Crippen LogP contribution in [0, 0.1) is 0 Å². The van der Waals surface area contributed by atoms with Crippen molar-refractivity contribution in [2.24, 2.45) is 0 Å². The van der Waals surface area contributed by atoms with Crippen LogP contribution in [0.2, 0.25) is 0 Å². The number of benzene rings is 1. The highest BCUT2D eigenvalue weighted by atomic mass is 16.5. The van der Waals surface area contributed by atoms with Gasteiger partial charge in [0.05, 0.1) is 12.6 Å². The molecule has 0 atom stereocenters. The Bertz CT molecular complexity index is 695. The summed E-state index contributed by atoms with van der Waals surface area (Å²) in [4.78, 5) is 8.65. The van der Waals surface area contributed by atoms with Gasteiger partial charge in [-0.2, -0.15) is 0 Å². The molecule has 3 aromatic rings. The molecule has 0 radical (unpaired) electrons. The molecule has 2 aromatic heterocycles. The van der Waals surface area contributed by atoms with Gasteiger partial charge < -0.3 is 4.74 Å². The maximum Gasteiger partial charge on any atom is 0.221 e. The first kappa shape index (κ1) is 10.7. The molecule has 0 saturated heterocycles. The molecule has 0 aliphatic heterocycles. The van der Waals surface area contributed by atoms with Crippen LogP contribution < -0.4 is 4.74 Å². The molecule has 0 fully saturated rings. The van der Waals surface area contributed by atoms with Crippen molar-refractivity contribution in [2.45, 2.75) is 0 Å². The minimum Gasteiger partial charge on any atom is -0.481 e. The predicted molar refractivity (Wildman–Crippen MR) is 71.5 cm³/mol. The molecule has 18 heavy (non-hydrogen) atoms. The minimum absolute atomic E-state index is 0.620. The second kappa shape index (κ2) is 4.45. The zero-order chi connectivity index (χ0) is 12.4. The van der Waals surface area contributed by atoms with E-state index < -0.39 is 0 Å². The van der Waals surface area contributed by atoms with Crippen molar-refractivity contribution in [1.29, 1.82) is 0 Å². The topological polar surface area (TPSA) is 35.0 Å². The fraction of sp³-hybridized carbons (Fsp3) is 0.0667. The van der Waals surface area contributed by atoms with Crippen molar-refractivity contribution in [3.63, 3.8) is 0 Å². The summed E-state index contributed by atoms with van der Waals surface area (Å²) in [6, 6.07) is 14.0. The van der Waals surface area contributed by atoms with Crippen molar-refractivity contribution < 1.29 is 4.74 Å². The van der Waals surface area contributed by atoms with Crippen molar-refractivity contribution >= 4 is 10.9 Å². The lowest BCUT2D eigenvalue weighted by Crippen LogP contribution is -1.91. The molecule has 0 aliphatic carbocycles. The summed E-state index contributed by atoms with van der Waals surface area (Å²) in [5.41, 5.74) is 2.96. The number of rotatable bonds is 2. The summed E-state index contributed by atoms with van der Waals surface area (Å²) >= 11 is 0. The molecule has 0 spiro atoms. The molecule has 1 aromatic carbocycles. The molecule has 0 unspecified atom stereocenters. The number of nitrogens with zero attached hydrogens (tertiary/aromatic N) is 2. The fourth-order valence-electron chi connectivity index (χ4n) is 1.99. The second-order valence-electron chi connectivity index (χ2n) is 3.98. The third-order valence-electron chi connectivity index (χ3n) is 2.87. The molecule has 88 valence electrons. The Morgan fingerprint density at radius 1 is 1.00 bits per heavy atom. The van der Waals surface area contributed by atoms with Gasteiger partial charge in [0.2, 0.25) is 5.88 Å². The van der Waals surface area contributed by atoms with Gasteiger partial charge in [-0.05, 0) is 24.3 Å². The third kappa shape index (κ3) is 1.80. The van der Waals surface area contributed by atoms with Crippen LogP contribution in [0.3, 0.4) is 0 Å². The van der Waals surface area contributed by atoms with Crippen LogP contribution in [0.5, 0.6) is 5.88 Å². The van der Waals surface area contributed by atoms with Gasteiger partial charge in [-0.25, -0.2) is 4.98 Å². The van der Waals surface area contributed by atoms with E-state index in [0.717, 1.165) is 22.0 Å². The Morgan fingerprint density at radius 2 is 1.89 bits per heavy atom. The Hall–Kier alpha value is -2.42. The standard InChI is InChI=1S/C15H12N2O/c1-18-15-13(6-4-8-16-15)12-9-11-5-2-3-7-14(11)17-10-12/h2-10H,1H3. The number of hydrogen-bond donors (Lipinski definition) is 0. The highest BCUT2D eigenvalue weighted by Gasteiger charge is 2.07. The van der Waals surface area contributed by atoms with Gasteiger partial charge in [-0.15, -0.1) is 0 Å². The lowest BCUT2D eigenvalue weighted by molar-refractivity contribution is 0.399. The van der Waals surface area contributed by atoms with Crippen LogP contribution in [-0.2, 0) is 0 Å². The molecule has 0 saturated carbocycles. The molecular weight excluding hydrogens is 224 g/mol. The van der Waals surface area contributed by atoms with Gasteiger partial charge in [-0.3, -0.25) is 4.98 Å². The number of pyridine rings is 2. The number of fused-ring (bicyclic) bond motifs is 1. The Kier molecular flexibility index (Phi) is 2.65. The van der Waals surface area contributed by atoms with Crippen LogP contribution in [-0.4, -0.2) is 17.1 Å². The van der Waals surface area contributed by atoms with Gasteiger partial charge in [0.15, 0.2) is 0 Å². The molecule has 0 bridgehead atoms. The average molecular weight is 236 g/mol. The van der Waals surface area contributed by atoms with Gasteiger partial charge >= 0.3 is 0 Å². The average Bonchev–Trinajstić information content (AvgIpc) is 2.46. The quantitative estimate of drug-likeness (QED) is 0.684.